The molecule has 5 heteroatoms. The van der Waals surface area contributed by atoms with Crippen molar-refractivity contribution in [3.05, 3.63) is 80.0 Å². The largest absolute Gasteiger partial charge is 0.484 e. The van der Waals surface area contributed by atoms with Crippen LogP contribution in [-0.4, -0.2) is 17.0 Å². The lowest BCUT2D eigenvalue weighted by atomic mass is 10.1. The molecule has 0 saturated carbocycles. The number of hydrogen-bond acceptors (Lipinski definition) is 2. The summed E-state index contributed by atoms with van der Waals surface area (Å²) in [6.07, 6.45) is 0. The number of rotatable bonds is 5. The molecule has 0 aliphatic rings. The zero-order chi connectivity index (χ0) is 19.7. The Balaban J connectivity index is 1.84. The number of carbonyl (C=O) groups excluding carboxylic acids is 1. The van der Waals surface area contributed by atoms with Gasteiger partial charge in [-0.05, 0) is 75.2 Å². The van der Waals surface area contributed by atoms with Gasteiger partial charge in [0, 0.05) is 27.1 Å². The molecule has 0 unspecified atom stereocenters. The number of hydrogen-bond donors (Lipinski definition) is 0. The first-order chi connectivity index (χ1) is 12.8. The van der Waals surface area contributed by atoms with E-state index in [1.807, 2.05) is 26.0 Å². The second-order valence-corrected chi connectivity index (χ2v) is 8.00. The molecule has 0 amide bonds. The van der Waals surface area contributed by atoms with Crippen molar-refractivity contribution in [2.24, 2.45) is 0 Å². The highest BCUT2D eigenvalue weighted by Crippen LogP contribution is 2.28. The van der Waals surface area contributed by atoms with E-state index in [2.05, 4.69) is 52.5 Å². The van der Waals surface area contributed by atoms with Crippen LogP contribution in [0, 0.1) is 27.7 Å². The van der Waals surface area contributed by atoms with E-state index in [-0.39, 0.29) is 12.4 Å². The zero-order valence-electron chi connectivity index (χ0n) is 15.8. The summed E-state index contributed by atoms with van der Waals surface area (Å²) in [4.78, 5) is 12.7. The van der Waals surface area contributed by atoms with Crippen LogP contribution in [0.2, 0.25) is 5.02 Å². The standard InChI is InChI=1S/C22H21BrClNO2/c1-13-5-7-18(9-14(13)2)25-15(3)10-19(16(25)4)21(26)12-27-22-8-6-17(23)11-20(22)24/h5-11H,12H2,1-4H3. The van der Waals surface area contributed by atoms with Crippen LogP contribution in [0.3, 0.4) is 0 Å². The molecule has 27 heavy (non-hydrogen) atoms. The summed E-state index contributed by atoms with van der Waals surface area (Å²) in [6.45, 7) is 8.09. The van der Waals surface area contributed by atoms with Crippen molar-refractivity contribution in [1.29, 1.82) is 0 Å². The lowest BCUT2D eigenvalue weighted by molar-refractivity contribution is 0.0921. The lowest BCUT2D eigenvalue weighted by Gasteiger charge is -2.12. The molecule has 2 aromatic carbocycles. The first-order valence-corrected chi connectivity index (χ1v) is 9.82. The van der Waals surface area contributed by atoms with Gasteiger partial charge in [0.05, 0.1) is 5.02 Å². The quantitative estimate of drug-likeness (QED) is 0.425. The van der Waals surface area contributed by atoms with E-state index < -0.39 is 0 Å². The minimum atomic E-state index is -0.0721. The average molecular weight is 447 g/mol. The number of halogens is 2. The SMILES string of the molecule is Cc1ccc(-n2c(C)cc(C(=O)COc3ccc(Br)cc3Cl)c2C)cc1C. The van der Waals surface area contributed by atoms with Crippen LogP contribution in [-0.2, 0) is 0 Å². The molecule has 0 aliphatic carbocycles. The van der Waals surface area contributed by atoms with Crippen molar-refractivity contribution in [3.8, 4) is 11.4 Å². The molecule has 3 nitrogen and oxygen atoms in total. The maximum absolute atomic E-state index is 12.7. The molecule has 0 N–H and O–H groups in total. The fraction of sp³-hybridized carbons (Fsp3) is 0.227. The highest BCUT2D eigenvalue weighted by molar-refractivity contribution is 9.10. The summed E-state index contributed by atoms with van der Waals surface area (Å²) in [5.74, 6) is 0.424. The van der Waals surface area contributed by atoms with Crippen molar-refractivity contribution in [2.45, 2.75) is 27.7 Å². The van der Waals surface area contributed by atoms with E-state index in [9.17, 15) is 4.79 Å². The fourth-order valence-electron chi connectivity index (χ4n) is 3.12. The Hall–Kier alpha value is -2.04. The topological polar surface area (TPSA) is 31.2 Å². The van der Waals surface area contributed by atoms with E-state index in [4.69, 9.17) is 16.3 Å². The second kappa shape index (κ2) is 7.91. The van der Waals surface area contributed by atoms with Crippen LogP contribution in [0.15, 0.2) is 46.9 Å². The molecule has 1 aromatic heterocycles. The maximum atomic E-state index is 12.7. The number of carbonyl (C=O) groups is 1. The number of Topliss-reactive ketones (excluding diaryl/α,β-unsaturated/α-hetero) is 1. The van der Waals surface area contributed by atoms with Crippen molar-refractivity contribution in [2.75, 3.05) is 6.61 Å². The normalized spacial score (nSPS) is 10.9. The number of aryl methyl sites for hydroxylation is 3. The molecule has 140 valence electrons. The van der Waals surface area contributed by atoms with Gasteiger partial charge in [0.2, 0.25) is 5.78 Å². The predicted molar refractivity (Wildman–Crippen MR) is 114 cm³/mol. The number of ether oxygens (including phenoxy) is 1. The average Bonchev–Trinajstić information content (AvgIpc) is 2.91. The van der Waals surface area contributed by atoms with Crippen LogP contribution in [0.1, 0.15) is 32.9 Å². The van der Waals surface area contributed by atoms with E-state index in [1.165, 1.54) is 11.1 Å². The van der Waals surface area contributed by atoms with Crippen molar-refractivity contribution in [3.63, 3.8) is 0 Å². The molecule has 1 heterocycles. The summed E-state index contributed by atoms with van der Waals surface area (Å²) >= 11 is 9.51. The summed E-state index contributed by atoms with van der Waals surface area (Å²) in [7, 11) is 0. The highest BCUT2D eigenvalue weighted by Gasteiger charge is 2.18. The number of benzene rings is 2. The van der Waals surface area contributed by atoms with Crippen molar-refractivity contribution in [1.82, 2.24) is 4.57 Å². The Morgan fingerprint density at radius 1 is 1.04 bits per heavy atom. The monoisotopic (exact) mass is 445 g/mol. The van der Waals surface area contributed by atoms with Gasteiger partial charge >= 0.3 is 0 Å². The molecule has 0 bridgehead atoms. The predicted octanol–water partition coefficient (Wildman–Crippen LogP) is 6.39. The Kier molecular flexibility index (Phi) is 5.78. The van der Waals surface area contributed by atoms with Gasteiger partial charge in [-0.25, -0.2) is 0 Å². The smallest absolute Gasteiger partial charge is 0.202 e. The van der Waals surface area contributed by atoms with Crippen LogP contribution in [0.4, 0.5) is 0 Å². The molecule has 0 atom stereocenters. The summed E-state index contributed by atoms with van der Waals surface area (Å²) < 4.78 is 8.61. The van der Waals surface area contributed by atoms with Gasteiger partial charge in [-0.15, -0.1) is 0 Å². The molecule has 0 saturated heterocycles. The molecular formula is C22H21BrClNO2. The van der Waals surface area contributed by atoms with Gasteiger partial charge in [-0.2, -0.15) is 0 Å². The molecular weight excluding hydrogens is 426 g/mol. The van der Waals surface area contributed by atoms with Gasteiger partial charge in [-0.1, -0.05) is 33.6 Å². The Morgan fingerprint density at radius 3 is 2.44 bits per heavy atom. The van der Waals surface area contributed by atoms with E-state index in [0.717, 1.165) is 21.5 Å². The van der Waals surface area contributed by atoms with Gasteiger partial charge in [0.15, 0.2) is 6.61 Å². The minimum absolute atomic E-state index is 0.0570. The van der Waals surface area contributed by atoms with Crippen LogP contribution in [0.25, 0.3) is 5.69 Å². The fourth-order valence-corrected chi connectivity index (χ4v) is 3.85. The molecule has 3 aromatic rings. The first-order valence-electron chi connectivity index (χ1n) is 8.65. The minimum Gasteiger partial charge on any atom is -0.484 e. The third-order valence-electron chi connectivity index (χ3n) is 4.73. The van der Waals surface area contributed by atoms with E-state index in [1.54, 1.807) is 12.1 Å². The van der Waals surface area contributed by atoms with Gasteiger partial charge in [0.25, 0.3) is 0 Å². The third kappa shape index (κ3) is 4.12. The van der Waals surface area contributed by atoms with E-state index >= 15 is 0 Å². The van der Waals surface area contributed by atoms with Crippen molar-refractivity contribution < 1.29 is 9.53 Å². The van der Waals surface area contributed by atoms with E-state index in [0.29, 0.717) is 16.3 Å². The molecule has 3 rings (SSSR count). The number of ketones is 1. The summed E-state index contributed by atoms with van der Waals surface area (Å²) in [5.41, 5.74) is 6.12. The van der Waals surface area contributed by atoms with Crippen LogP contribution < -0.4 is 4.74 Å². The summed E-state index contributed by atoms with van der Waals surface area (Å²) in [5, 5.41) is 0.470. The Morgan fingerprint density at radius 2 is 1.78 bits per heavy atom. The Bertz CT molecular complexity index is 1020. The maximum Gasteiger partial charge on any atom is 0.202 e. The first kappa shape index (κ1) is 19.7. The summed E-state index contributed by atoms with van der Waals surface area (Å²) in [6, 6.07) is 13.6. The van der Waals surface area contributed by atoms with Gasteiger partial charge < -0.3 is 9.30 Å². The Labute approximate surface area is 173 Å². The second-order valence-electron chi connectivity index (χ2n) is 6.68. The highest BCUT2D eigenvalue weighted by atomic mass is 79.9. The molecule has 0 spiro atoms. The van der Waals surface area contributed by atoms with Crippen LogP contribution >= 0.6 is 27.5 Å². The zero-order valence-corrected chi connectivity index (χ0v) is 18.1. The molecule has 0 radical (unpaired) electrons. The van der Waals surface area contributed by atoms with Gasteiger partial charge in [-0.3, -0.25) is 4.79 Å². The van der Waals surface area contributed by atoms with Gasteiger partial charge in [0.1, 0.15) is 5.75 Å². The third-order valence-corrected chi connectivity index (χ3v) is 5.52. The molecule has 0 fully saturated rings. The van der Waals surface area contributed by atoms with Crippen LogP contribution in [0.5, 0.6) is 5.75 Å². The van der Waals surface area contributed by atoms with Crippen molar-refractivity contribution >= 4 is 33.3 Å². The molecule has 0 aliphatic heterocycles. The number of nitrogens with zero attached hydrogens (tertiary/aromatic N) is 1. The number of aromatic nitrogens is 1. The lowest BCUT2D eigenvalue weighted by Crippen LogP contribution is -2.13.